The van der Waals surface area contributed by atoms with Crippen LogP contribution in [0.5, 0.6) is 0 Å². The first kappa shape index (κ1) is 19.6. The number of benzene rings is 2. The fourth-order valence-electron chi connectivity index (χ4n) is 2.08. The third-order valence-corrected chi connectivity index (χ3v) is 3.89. The number of amides is 2. The summed E-state index contributed by atoms with van der Waals surface area (Å²) in [6.45, 7) is 1.03. The second-order valence-electron chi connectivity index (χ2n) is 5.15. The van der Waals surface area contributed by atoms with Crippen LogP contribution >= 0.6 is 11.8 Å². The van der Waals surface area contributed by atoms with Gasteiger partial charge in [-0.15, -0.1) is 0 Å². The van der Waals surface area contributed by atoms with Gasteiger partial charge in [-0.3, -0.25) is 9.59 Å². The molecule has 2 aromatic rings. The van der Waals surface area contributed by atoms with Crippen molar-refractivity contribution in [3.63, 3.8) is 0 Å². The number of alkyl halides is 2. The van der Waals surface area contributed by atoms with Gasteiger partial charge in [0.15, 0.2) is 0 Å². The van der Waals surface area contributed by atoms with Crippen LogP contribution in [0.2, 0.25) is 0 Å². The number of hydrogen-bond donors (Lipinski definition) is 3. The summed E-state index contributed by atoms with van der Waals surface area (Å²) in [7, 11) is 0. The average molecular weight is 383 g/mol. The van der Waals surface area contributed by atoms with Crippen LogP contribution in [0.3, 0.4) is 0 Å². The van der Waals surface area contributed by atoms with Gasteiger partial charge < -0.3 is 16.0 Å². The van der Waals surface area contributed by atoms with E-state index in [-0.39, 0.29) is 28.7 Å². The molecule has 0 atom stereocenters. The van der Waals surface area contributed by atoms with Crippen molar-refractivity contribution in [1.82, 2.24) is 0 Å². The molecule has 5 nitrogen and oxygen atoms in total. The molecule has 2 amide bonds. The minimum Gasteiger partial charge on any atom is -0.374 e. The minimum atomic E-state index is -2.61. The summed E-state index contributed by atoms with van der Waals surface area (Å²) >= 11 is 0.323. The number of para-hydroxylation sites is 1. The second kappa shape index (κ2) is 9.14. The smallest absolute Gasteiger partial charge is 0.288 e. The molecule has 2 aromatic carbocycles. The Morgan fingerprint density at radius 2 is 1.81 bits per heavy atom. The van der Waals surface area contributed by atoms with Gasteiger partial charge in [0.2, 0.25) is 11.8 Å². The Hall–Kier alpha value is -2.68. The maximum Gasteiger partial charge on any atom is 0.288 e. The summed E-state index contributed by atoms with van der Waals surface area (Å²) < 4.78 is 38.9. The summed E-state index contributed by atoms with van der Waals surface area (Å²) in [6.07, 6.45) is 0. The normalized spacial score (nSPS) is 10.5. The lowest BCUT2D eigenvalue weighted by Gasteiger charge is -2.12. The zero-order valence-electron chi connectivity index (χ0n) is 13.7. The van der Waals surface area contributed by atoms with E-state index in [0.717, 1.165) is 6.07 Å². The number of hydrogen-bond acceptors (Lipinski definition) is 4. The summed E-state index contributed by atoms with van der Waals surface area (Å²) in [5.74, 6) is -4.05. The molecule has 9 heteroatoms. The number of thioether (sulfide) groups is 1. The van der Waals surface area contributed by atoms with Crippen molar-refractivity contribution in [3.05, 3.63) is 48.3 Å². The van der Waals surface area contributed by atoms with Crippen molar-refractivity contribution < 1.29 is 22.8 Å². The van der Waals surface area contributed by atoms with E-state index < -0.39 is 17.5 Å². The average Bonchev–Trinajstić information content (AvgIpc) is 2.56. The third-order valence-electron chi connectivity index (χ3n) is 3.10. The Balaban J connectivity index is 2.00. The molecule has 0 radical (unpaired) electrons. The number of anilines is 3. The fourth-order valence-corrected chi connectivity index (χ4v) is 2.68. The van der Waals surface area contributed by atoms with Crippen LogP contribution in [-0.2, 0) is 9.59 Å². The van der Waals surface area contributed by atoms with E-state index in [1.54, 1.807) is 12.1 Å². The van der Waals surface area contributed by atoms with E-state index in [9.17, 15) is 22.8 Å². The van der Waals surface area contributed by atoms with Crippen molar-refractivity contribution >= 4 is 40.6 Å². The monoisotopic (exact) mass is 383 g/mol. The molecule has 0 saturated heterocycles. The van der Waals surface area contributed by atoms with Gasteiger partial charge in [-0.25, -0.2) is 4.39 Å². The molecular weight excluding hydrogens is 367 g/mol. The van der Waals surface area contributed by atoms with E-state index in [1.165, 1.54) is 31.2 Å². The van der Waals surface area contributed by atoms with Crippen molar-refractivity contribution in [3.8, 4) is 0 Å². The summed E-state index contributed by atoms with van der Waals surface area (Å²) in [6, 6.07) is 10.1. The van der Waals surface area contributed by atoms with E-state index in [4.69, 9.17) is 0 Å². The number of rotatable bonds is 7. The topological polar surface area (TPSA) is 70.2 Å². The lowest BCUT2D eigenvalue weighted by molar-refractivity contribution is -0.115. The van der Waals surface area contributed by atoms with Crippen molar-refractivity contribution in [2.24, 2.45) is 0 Å². The highest BCUT2D eigenvalue weighted by molar-refractivity contribution is 7.99. The second-order valence-corrected chi connectivity index (χ2v) is 6.18. The van der Waals surface area contributed by atoms with Gasteiger partial charge in [-0.1, -0.05) is 23.9 Å². The maximum absolute atomic E-state index is 13.8. The van der Waals surface area contributed by atoms with Crippen molar-refractivity contribution in [2.45, 2.75) is 17.6 Å². The molecule has 0 saturated carbocycles. The molecule has 0 aliphatic heterocycles. The predicted molar refractivity (Wildman–Crippen MR) is 96.1 cm³/mol. The zero-order valence-corrected chi connectivity index (χ0v) is 14.5. The van der Waals surface area contributed by atoms with E-state index in [2.05, 4.69) is 16.0 Å². The molecule has 0 bridgehead atoms. The Labute approximate surface area is 152 Å². The number of carbonyl (C=O) groups is 2. The fraction of sp³-hybridized carbons (Fsp3) is 0.176. The lowest BCUT2D eigenvalue weighted by atomic mass is 10.2. The molecule has 0 heterocycles. The summed E-state index contributed by atoms with van der Waals surface area (Å²) in [5.41, 5.74) is 0.652. The summed E-state index contributed by atoms with van der Waals surface area (Å²) in [5, 5.41) is 7.62. The number of carbonyl (C=O) groups excluding carboxylic acids is 2. The van der Waals surface area contributed by atoms with Gasteiger partial charge in [-0.2, -0.15) is 8.78 Å². The van der Waals surface area contributed by atoms with Gasteiger partial charge in [0.1, 0.15) is 5.82 Å². The van der Waals surface area contributed by atoms with Crippen LogP contribution in [0.25, 0.3) is 0 Å². The Morgan fingerprint density at radius 1 is 1.08 bits per heavy atom. The molecule has 0 aliphatic rings. The first-order valence-corrected chi connectivity index (χ1v) is 8.38. The van der Waals surface area contributed by atoms with Crippen LogP contribution in [0.4, 0.5) is 30.2 Å². The Morgan fingerprint density at radius 3 is 2.50 bits per heavy atom. The van der Waals surface area contributed by atoms with Crippen molar-refractivity contribution in [2.75, 3.05) is 22.5 Å². The summed E-state index contributed by atoms with van der Waals surface area (Å²) in [4.78, 5) is 23.3. The molecule has 0 unspecified atom stereocenters. The molecule has 3 N–H and O–H groups in total. The molecule has 0 spiro atoms. The lowest BCUT2D eigenvalue weighted by Crippen LogP contribution is -2.22. The number of halogens is 3. The molecule has 26 heavy (non-hydrogen) atoms. The first-order chi connectivity index (χ1) is 12.3. The highest BCUT2D eigenvalue weighted by Crippen LogP contribution is 2.31. The van der Waals surface area contributed by atoms with Gasteiger partial charge in [-0.05, 0) is 30.3 Å². The molecule has 0 fully saturated rings. The number of nitrogens with one attached hydrogen (secondary N) is 3. The molecule has 138 valence electrons. The minimum absolute atomic E-state index is 0.0293. The van der Waals surface area contributed by atoms with Crippen LogP contribution in [-0.4, -0.2) is 24.1 Å². The van der Waals surface area contributed by atoms with Gasteiger partial charge >= 0.3 is 0 Å². The highest BCUT2D eigenvalue weighted by Gasteiger charge is 2.12. The quantitative estimate of drug-likeness (QED) is 0.628. The molecule has 0 aromatic heterocycles. The zero-order chi connectivity index (χ0) is 19.1. The van der Waals surface area contributed by atoms with Gasteiger partial charge in [0.25, 0.3) is 5.76 Å². The van der Waals surface area contributed by atoms with Gasteiger partial charge in [0.05, 0.1) is 17.9 Å². The van der Waals surface area contributed by atoms with E-state index in [0.29, 0.717) is 17.4 Å². The first-order valence-electron chi connectivity index (χ1n) is 7.50. The van der Waals surface area contributed by atoms with Crippen LogP contribution in [0, 0.1) is 5.82 Å². The largest absolute Gasteiger partial charge is 0.374 e. The van der Waals surface area contributed by atoms with E-state index in [1.807, 2.05) is 0 Å². The van der Waals surface area contributed by atoms with Crippen LogP contribution in [0.15, 0.2) is 47.4 Å². The van der Waals surface area contributed by atoms with Gasteiger partial charge in [0, 0.05) is 17.5 Å². The van der Waals surface area contributed by atoms with Crippen molar-refractivity contribution in [1.29, 1.82) is 0 Å². The molecular formula is C17H16F3N3O2S. The van der Waals surface area contributed by atoms with E-state index >= 15 is 0 Å². The van der Waals surface area contributed by atoms with Crippen LogP contribution in [0.1, 0.15) is 6.92 Å². The molecule has 0 aliphatic carbocycles. The standard InChI is InChI=1S/C17H16F3N3O2S/c1-10(24)22-11-6-7-12(18)14(8-11)21-9-16(25)23-13-4-2-3-5-15(13)26-17(19)20/h2-8,17,21H,9H2,1H3,(H,22,24)(H,23,25). The molecule has 2 rings (SSSR count). The maximum atomic E-state index is 13.8. The Kier molecular flexibility index (Phi) is 6.90. The predicted octanol–water partition coefficient (Wildman–Crippen LogP) is 4.15. The third kappa shape index (κ3) is 5.99. The SMILES string of the molecule is CC(=O)Nc1ccc(F)c(NCC(=O)Nc2ccccc2SC(F)F)c1. The Bertz CT molecular complexity index is 803. The highest BCUT2D eigenvalue weighted by atomic mass is 32.2. The van der Waals surface area contributed by atoms with Crippen LogP contribution < -0.4 is 16.0 Å².